The third kappa shape index (κ3) is 2.25. The van der Waals surface area contributed by atoms with Crippen LogP contribution in [-0.2, 0) is 0 Å². The van der Waals surface area contributed by atoms with Gasteiger partial charge in [-0.05, 0) is 32.4 Å². The quantitative estimate of drug-likeness (QED) is 0.858. The van der Waals surface area contributed by atoms with Crippen molar-refractivity contribution in [1.29, 1.82) is 0 Å². The molecule has 4 nitrogen and oxygen atoms in total. The van der Waals surface area contributed by atoms with Crippen molar-refractivity contribution in [3.63, 3.8) is 0 Å². The van der Waals surface area contributed by atoms with Crippen LogP contribution < -0.4 is 5.32 Å². The zero-order valence-electron chi connectivity index (χ0n) is 10.6. The minimum atomic E-state index is 0.792. The van der Waals surface area contributed by atoms with Crippen LogP contribution in [0.1, 0.15) is 17.0 Å². The van der Waals surface area contributed by atoms with E-state index < -0.39 is 0 Å². The second-order valence-corrected chi connectivity index (χ2v) is 4.09. The SMILES string of the molecule is CNc1nc(C)c(C)nc1-c1cncc(C)c1. The molecule has 88 valence electrons. The highest BCUT2D eigenvalue weighted by Crippen LogP contribution is 2.25. The molecule has 4 heteroatoms. The lowest BCUT2D eigenvalue weighted by Crippen LogP contribution is -2.03. The van der Waals surface area contributed by atoms with Gasteiger partial charge in [0.15, 0.2) is 5.82 Å². The first-order valence-electron chi connectivity index (χ1n) is 5.57. The van der Waals surface area contributed by atoms with E-state index in [0.29, 0.717) is 0 Å². The predicted molar refractivity (Wildman–Crippen MR) is 69.0 cm³/mol. The number of hydrogen-bond acceptors (Lipinski definition) is 4. The Morgan fingerprint density at radius 1 is 1.00 bits per heavy atom. The lowest BCUT2D eigenvalue weighted by atomic mass is 10.1. The molecule has 0 radical (unpaired) electrons. The van der Waals surface area contributed by atoms with Crippen LogP contribution in [0.15, 0.2) is 18.5 Å². The number of anilines is 1. The molecule has 0 aliphatic heterocycles. The van der Waals surface area contributed by atoms with E-state index in [0.717, 1.165) is 34.0 Å². The Morgan fingerprint density at radius 3 is 2.35 bits per heavy atom. The van der Waals surface area contributed by atoms with Crippen LogP contribution in [0.3, 0.4) is 0 Å². The largest absolute Gasteiger partial charge is 0.371 e. The van der Waals surface area contributed by atoms with Gasteiger partial charge >= 0.3 is 0 Å². The number of rotatable bonds is 2. The van der Waals surface area contributed by atoms with Crippen molar-refractivity contribution < 1.29 is 0 Å². The van der Waals surface area contributed by atoms with Crippen molar-refractivity contribution >= 4 is 5.82 Å². The van der Waals surface area contributed by atoms with Crippen LogP contribution in [0.2, 0.25) is 0 Å². The number of hydrogen-bond donors (Lipinski definition) is 1. The summed E-state index contributed by atoms with van der Waals surface area (Å²) in [7, 11) is 1.85. The predicted octanol–water partition coefficient (Wildman–Crippen LogP) is 2.51. The van der Waals surface area contributed by atoms with Gasteiger partial charge in [0.2, 0.25) is 0 Å². The van der Waals surface area contributed by atoms with Gasteiger partial charge in [-0.15, -0.1) is 0 Å². The molecule has 0 saturated carbocycles. The highest BCUT2D eigenvalue weighted by molar-refractivity contribution is 5.71. The Kier molecular flexibility index (Phi) is 3.04. The van der Waals surface area contributed by atoms with Crippen LogP contribution >= 0.6 is 0 Å². The van der Waals surface area contributed by atoms with Gasteiger partial charge in [-0.2, -0.15) is 0 Å². The van der Waals surface area contributed by atoms with Crippen molar-refractivity contribution in [2.45, 2.75) is 20.8 Å². The second-order valence-electron chi connectivity index (χ2n) is 4.09. The van der Waals surface area contributed by atoms with Crippen molar-refractivity contribution in [2.75, 3.05) is 12.4 Å². The number of nitrogens with one attached hydrogen (secondary N) is 1. The first kappa shape index (κ1) is 11.5. The molecule has 0 aliphatic carbocycles. The maximum absolute atomic E-state index is 4.59. The fourth-order valence-electron chi connectivity index (χ4n) is 1.66. The summed E-state index contributed by atoms with van der Waals surface area (Å²) in [5, 5.41) is 3.08. The molecule has 2 rings (SSSR count). The van der Waals surface area contributed by atoms with E-state index in [1.54, 1.807) is 0 Å². The third-order valence-corrected chi connectivity index (χ3v) is 2.69. The minimum Gasteiger partial charge on any atom is -0.371 e. The molecule has 0 aromatic carbocycles. The molecule has 17 heavy (non-hydrogen) atoms. The summed E-state index contributed by atoms with van der Waals surface area (Å²) in [4.78, 5) is 13.3. The summed E-state index contributed by atoms with van der Waals surface area (Å²) in [6.07, 6.45) is 3.64. The van der Waals surface area contributed by atoms with Crippen LogP contribution in [0.4, 0.5) is 5.82 Å². The molecule has 0 fully saturated rings. The second kappa shape index (κ2) is 4.49. The van der Waals surface area contributed by atoms with Gasteiger partial charge in [0, 0.05) is 25.0 Å². The average Bonchev–Trinajstić information content (AvgIpc) is 2.32. The number of pyridine rings is 1. The van der Waals surface area contributed by atoms with E-state index in [-0.39, 0.29) is 0 Å². The van der Waals surface area contributed by atoms with Crippen LogP contribution in [-0.4, -0.2) is 22.0 Å². The maximum atomic E-state index is 4.59. The number of aryl methyl sites for hydroxylation is 3. The number of nitrogens with zero attached hydrogens (tertiary/aromatic N) is 3. The highest BCUT2D eigenvalue weighted by Gasteiger charge is 2.10. The lowest BCUT2D eigenvalue weighted by Gasteiger charge is -2.10. The Balaban J connectivity index is 2.62. The Labute approximate surface area is 101 Å². The van der Waals surface area contributed by atoms with Crippen molar-refractivity contribution in [2.24, 2.45) is 0 Å². The van der Waals surface area contributed by atoms with Gasteiger partial charge in [-0.25, -0.2) is 9.97 Å². The average molecular weight is 228 g/mol. The molecule has 2 aromatic heterocycles. The standard InChI is InChI=1S/C13H16N4/c1-8-5-11(7-15-6-8)12-13(14-4)17-10(3)9(2)16-12/h5-7H,1-4H3,(H,14,17). The van der Waals surface area contributed by atoms with Crippen molar-refractivity contribution in [1.82, 2.24) is 15.0 Å². The van der Waals surface area contributed by atoms with Gasteiger partial charge in [-0.3, -0.25) is 4.98 Å². The van der Waals surface area contributed by atoms with Crippen molar-refractivity contribution in [3.8, 4) is 11.3 Å². The molecule has 0 amide bonds. The highest BCUT2D eigenvalue weighted by atomic mass is 15.0. The molecule has 2 aromatic rings. The molecule has 0 saturated heterocycles. The zero-order chi connectivity index (χ0) is 12.4. The molecule has 0 aliphatic rings. The first-order chi connectivity index (χ1) is 8.11. The van der Waals surface area contributed by atoms with E-state index in [1.165, 1.54) is 0 Å². The van der Waals surface area contributed by atoms with Crippen molar-refractivity contribution in [3.05, 3.63) is 35.4 Å². The smallest absolute Gasteiger partial charge is 0.152 e. The molecule has 0 unspecified atom stereocenters. The van der Waals surface area contributed by atoms with Crippen LogP contribution in [0.5, 0.6) is 0 Å². The molecule has 0 atom stereocenters. The summed E-state index contributed by atoms with van der Waals surface area (Å²) < 4.78 is 0. The summed E-state index contributed by atoms with van der Waals surface area (Å²) in [6.45, 7) is 5.94. The fraction of sp³-hybridized carbons (Fsp3) is 0.308. The summed E-state index contributed by atoms with van der Waals surface area (Å²) in [6, 6.07) is 2.06. The summed E-state index contributed by atoms with van der Waals surface area (Å²) in [5.74, 6) is 0.792. The van der Waals surface area contributed by atoms with Gasteiger partial charge < -0.3 is 5.32 Å². The Morgan fingerprint density at radius 2 is 1.71 bits per heavy atom. The Hall–Kier alpha value is -1.97. The summed E-state index contributed by atoms with van der Waals surface area (Å²) in [5.41, 5.74) is 4.85. The zero-order valence-corrected chi connectivity index (χ0v) is 10.6. The monoisotopic (exact) mass is 228 g/mol. The third-order valence-electron chi connectivity index (χ3n) is 2.69. The topological polar surface area (TPSA) is 50.7 Å². The first-order valence-corrected chi connectivity index (χ1v) is 5.57. The normalized spacial score (nSPS) is 10.4. The van der Waals surface area contributed by atoms with E-state index in [1.807, 2.05) is 40.2 Å². The lowest BCUT2D eigenvalue weighted by molar-refractivity contribution is 1.05. The molecular formula is C13H16N4. The number of aromatic nitrogens is 3. The Bertz CT molecular complexity index is 549. The van der Waals surface area contributed by atoms with E-state index >= 15 is 0 Å². The molecule has 1 N–H and O–H groups in total. The van der Waals surface area contributed by atoms with Gasteiger partial charge in [0.1, 0.15) is 5.69 Å². The van der Waals surface area contributed by atoms with Gasteiger partial charge in [-0.1, -0.05) is 0 Å². The minimum absolute atomic E-state index is 0.792. The van der Waals surface area contributed by atoms with Crippen LogP contribution in [0.25, 0.3) is 11.3 Å². The molecular weight excluding hydrogens is 212 g/mol. The fourth-order valence-corrected chi connectivity index (χ4v) is 1.66. The maximum Gasteiger partial charge on any atom is 0.152 e. The molecule has 0 bridgehead atoms. The van der Waals surface area contributed by atoms with Gasteiger partial charge in [0.25, 0.3) is 0 Å². The van der Waals surface area contributed by atoms with E-state index in [2.05, 4.69) is 26.3 Å². The van der Waals surface area contributed by atoms with E-state index in [9.17, 15) is 0 Å². The van der Waals surface area contributed by atoms with Crippen LogP contribution in [0, 0.1) is 20.8 Å². The molecule has 2 heterocycles. The van der Waals surface area contributed by atoms with Gasteiger partial charge in [0.05, 0.1) is 11.4 Å². The van der Waals surface area contributed by atoms with E-state index in [4.69, 9.17) is 0 Å². The molecule has 0 spiro atoms. The summed E-state index contributed by atoms with van der Waals surface area (Å²) >= 11 is 0.